The summed E-state index contributed by atoms with van der Waals surface area (Å²) in [6, 6.07) is 4.47. The lowest BCUT2D eigenvalue weighted by molar-refractivity contribution is -0.386. The first-order valence-electron chi connectivity index (χ1n) is 4.96. The van der Waals surface area contributed by atoms with E-state index in [9.17, 15) is 20.0 Å². The van der Waals surface area contributed by atoms with Gasteiger partial charge in [-0.2, -0.15) is 0 Å². The zero-order valence-corrected chi connectivity index (χ0v) is 9.54. The normalized spacial score (nSPS) is 11.9. The van der Waals surface area contributed by atoms with Crippen LogP contribution < -0.4 is 0 Å². The second-order valence-corrected chi connectivity index (χ2v) is 3.56. The van der Waals surface area contributed by atoms with Gasteiger partial charge in [-0.3, -0.25) is 14.9 Å². The zero-order chi connectivity index (χ0) is 13.0. The molecule has 0 saturated heterocycles. The highest BCUT2D eigenvalue weighted by Gasteiger charge is 2.24. The molecule has 0 aliphatic carbocycles. The van der Waals surface area contributed by atoms with Gasteiger partial charge in [0.2, 0.25) is 0 Å². The molecule has 6 heteroatoms. The van der Waals surface area contributed by atoms with Crippen LogP contribution in [0.3, 0.4) is 0 Å². The first-order chi connectivity index (χ1) is 7.97. The summed E-state index contributed by atoms with van der Waals surface area (Å²) in [6.45, 7) is 1.64. The van der Waals surface area contributed by atoms with Crippen molar-refractivity contribution in [2.75, 3.05) is 7.11 Å². The van der Waals surface area contributed by atoms with Gasteiger partial charge < -0.3 is 9.84 Å². The Hall–Kier alpha value is -1.95. The standard InChI is InChI=1S/C11H13NO5/c1-7-4-3-5-8(12(15)16)11(7)9(13)6-10(14)17-2/h3-5,9,13H,6H2,1-2H3/t9-/m0/s1. The van der Waals surface area contributed by atoms with E-state index in [4.69, 9.17) is 0 Å². The van der Waals surface area contributed by atoms with Crippen LogP contribution in [0.1, 0.15) is 23.7 Å². The molecule has 0 fully saturated rings. The van der Waals surface area contributed by atoms with Crippen molar-refractivity contribution in [3.63, 3.8) is 0 Å². The number of esters is 1. The summed E-state index contributed by atoms with van der Waals surface area (Å²) in [7, 11) is 1.20. The van der Waals surface area contributed by atoms with Gasteiger partial charge in [0.05, 0.1) is 30.1 Å². The molecule has 0 aromatic heterocycles. The molecule has 0 aliphatic heterocycles. The molecule has 0 radical (unpaired) electrons. The van der Waals surface area contributed by atoms with Crippen LogP contribution in [0.4, 0.5) is 5.69 Å². The summed E-state index contributed by atoms with van der Waals surface area (Å²) < 4.78 is 4.41. The molecule has 92 valence electrons. The van der Waals surface area contributed by atoms with E-state index >= 15 is 0 Å². The van der Waals surface area contributed by atoms with Gasteiger partial charge in [-0.1, -0.05) is 12.1 Å². The quantitative estimate of drug-likeness (QED) is 0.488. The topological polar surface area (TPSA) is 89.7 Å². The van der Waals surface area contributed by atoms with Crippen molar-refractivity contribution < 1.29 is 19.6 Å². The number of nitro benzene ring substituents is 1. The average Bonchev–Trinajstić information content (AvgIpc) is 2.28. The number of carbonyl (C=O) groups is 1. The first-order valence-corrected chi connectivity index (χ1v) is 4.96. The predicted octanol–water partition coefficient (Wildman–Crippen LogP) is 1.50. The van der Waals surface area contributed by atoms with Crippen LogP contribution in [0, 0.1) is 17.0 Å². The van der Waals surface area contributed by atoms with E-state index < -0.39 is 17.0 Å². The molecule has 0 aliphatic rings. The van der Waals surface area contributed by atoms with E-state index in [2.05, 4.69) is 4.74 Å². The molecule has 1 atom stereocenters. The van der Waals surface area contributed by atoms with E-state index in [1.165, 1.54) is 19.2 Å². The Labute approximate surface area is 98.0 Å². The number of aliphatic hydroxyl groups excluding tert-OH is 1. The number of aryl methyl sites for hydroxylation is 1. The van der Waals surface area contributed by atoms with Gasteiger partial charge in [0, 0.05) is 6.07 Å². The minimum absolute atomic E-state index is 0.155. The number of nitro groups is 1. The Balaban J connectivity index is 3.11. The summed E-state index contributed by atoms with van der Waals surface area (Å²) in [4.78, 5) is 21.3. The molecule has 1 N–H and O–H groups in total. The van der Waals surface area contributed by atoms with Crippen LogP contribution in [0.2, 0.25) is 0 Å². The maximum absolute atomic E-state index is 11.0. The summed E-state index contributed by atoms with van der Waals surface area (Å²) in [5, 5.41) is 20.6. The number of ether oxygens (including phenoxy) is 1. The second kappa shape index (κ2) is 5.40. The lowest BCUT2D eigenvalue weighted by Gasteiger charge is -2.12. The van der Waals surface area contributed by atoms with E-state index in [1.54, 1.807) is 13.0 Å². The molecule has 1 rings (SSSR count). The maximum atomic E-state index is 11.0. The van der Waals surface area contributed by atoms with Crippen LogP contribution in [0.15, 0.2) is 18.2 Å². The van der Waals surface area contributed by atoms with Gasteiger partial charge >= 0.3 is 5.97 Å². The number of aliphatic hydroxyl groups is 1. The highest BCUT2D eigenvalue weighted by molar-refractivity contribution is 5.70. The zero-order valence-electron chi connectivity index (χ0n) is 9.54. The second-order valence-electron chi connectivity index (χ2n) is 3.56. The van der Waals surface area contributed by atoms with Gasteiger partial charge in [0.1, 0.15) is 0 Å². The van der Waals surface area contributed by atoms with Crippen molar-refractivity contribution in [1.82, 2.24) is 0 Å². The maximum Gasteiger partial charge on any atom is 0.308 e. The van der Waals surface area contributed by atoms with Gasteiger partial charge in [-0.25, -0.2) is 0 Å². The van der Waals surface area contributed by atoms with Crippen molar-refractivity contribution in [3.05, 3.63) is 39.4 Å². The molecule has 0 unspecified atom stereocenters. The SMILES string of the molecule is COC(=O)C[C@H](O)c1c(C)cccc1[N+](=O)[O-]. The van der Waals surface area contributed by atoms with Crippen LogP contribution >= 0.6 is 0 Å². The van der Waals surface area contributed by atoms with Crippen LogP contribution in [-0.4, -0.2) is 23.1 Å². The number of benzene rings is 1. The molecule has 0 amide bonds. The van der Waals surface area contributed by atoms with E-state index in [0.717, 1.165) is 0 Å². The molecular formula is C11H13NO5. The number of hydrogen-bond acceptors (Lipinski definition) is 5. The Morgan fingerprint density at radius 3 is 2.76 bits per heavy atom. The Bertz CT molecular complexity index is 443. The largest absolute Gasteiger partial charge is 0.469 e. The number of rotatable bonds is 4. The predicted molar refractivity (Wildman–Crippen MR) is 59.4 cm³/mol. The first kappa shape index (κ1) is 13.1. The third-order valence-electron chi connectivity index (χ3n) is 2.42. The minimum atomic E-state index is -1.23. The fraction of sp³-hybridized carbons (Fsp3) is 0.364. The fourth-order valence-electron chi connectivity index (χ4n) is 1.60. The fourth-order valence-corrected chi connectivity index (χ4v) is 1.60. The number of carbonyl (C=O) groups excluding carboxylic acids is 1. The van der Waals surface area contributed by atoms with Crippen LogP contribution in [0.5, 0.6) is 0 Å². The average molecular weight is 239 g/mol. The third kappa shape index (κ3) is 3.01. The summed E-state index contributed by atoms with van der Waals surface area (Å²) in [5.41, 5.74) is 0.528. The molecule has 17 heavy (non-hydrogen) atoms. The van der Waals surface area contributed by atoms with Crippen LogP contribution in [-0.2, 0) is 9.53 Å². The van der Waals surface area contributed by atoms with Gasteiger partial charge in [0.15, 0.2) is 0 Å². The Morgan fingerprint density at radius 2 is 2.24 bits per heavy atom. The Morgan fingerprint density at radius 1 is 1.59 bits per heavy atom. The van der Waals surface area contributed by atoms with E-state index in [1.807, 2.05) is 0 Å². The molecule has 6 nitrogen and oxygen atoms in total. The summed E-state index contributed by atoms with van der Waals surface area (Å²) in [5.74, 6) is -0.616. The number of hydrogen-bond donors (Lipinski definition) is 1. The van der Waals surface area contributed by atoms with Crippen molar-refractivity contribution in [2.24, 2.45) is 0 Å². The van der Waals surface area contributed by atoms with Gasteiger partial charge in [0.25, 0.3) is 5.69 Å². The summed E-state index contributed by atoms with van der Waals surface area (Å²) >= 11 is 0. The highest BCUT2D eigenvalue weighted by atomic mass is 16.6. The molecule has 0 saturated carbocycles. The van der Waals surface area contributed by atoms with Crippen molar-refractivity contribution in [2.45, 2.75) is 19.4 Å². The highest BCUT2D eigenvalue weighted by Crippen LogP contribution is 2.30. The number of methoxy groups -OCH3 is 1. The smallest absolute Gasteiger partial charge is 0.308 e. The Kier molecular flexibility index (Phi) is 4.17. The third-order valence-corrected chi connectivity index (χ3v) is 2.42. The molecule has 0 heterocycles. The molecule has 0 bridgehead atoms. The monoisotopic (exact) mass is 239 g/mol. The molecule has 1 aromatic carbocycles. The van der Waals surface area contributed by atoms with Crippen molar-refractivity contribution >= 4 is 11.7 Å². The molecule has 1 aromatic rings. The van der Waals surface area contributed by atoms with Crippen molar-refractivity contribution in [1.29, 1.82) is 0 Å². The van der Waals surface area contributed by atoms with Crippen LogP contribution in [0.25, 0.3) is 0 Å². The minimum Gasteiger partial charge on any atom is -0.469 e. The van der Waals surface area contributed by atoms with Gasteiger partial charge in [-0.05, 0) is 12.5 Å². The van der Waals surface area contributed by atoms with E-state index in [0.29, 0.717) is 5.56 Å². The molecular weight excluding hydrogens is 226 g/mol. The summed E-state index contributed by atoms with van der Waals surface area (Å²) in [6.07, 6.45) is -1.54. The van der Waals surface area contributed by atoms with E-state index in [-0.39, 0.29) is 17.7 Å². The lowest BCUT2D eigenvalue weighted by Crippen LogP contribution is -2.11. The number of nitrogens with zero attached hydrogens (tertiary/aromatic N) is 1. The molecule has 0 spiro atoms. The lowest BCUT2D eigenvalue weighted by atomic mass is 9.99. The van der Waals surface area contributed by atoms with Gasteiger partial charge in [-0.15, -0.1) is 0 Å². The van der Waals surface area contributed by atoms with Crippen molar-refractivity contribution in [3.8, 4) is 0 Å².